The smallest absolute Gasteiger partial charge is 0.0832 e. The number of pyridine rings is 1. The van der Waals surface area contributed by atoms with Crippen LogP contribution in [0.25, 0.3) is 0 Å². The van der Waals surface area contributed by atoms with E-state index in [9.17, 15) is 15.3 Å². The van der Waals surface area contributed by atoms with Crippen LogP contribution < -0.4 is 0 Å². The highest BCUT2D eigenvalue weighted by molar-refractivity contribution is 5.39. The number of aryl methyl sites for hydroxylation is 1. The second kappa shape index (κ2) is 12.1. The Hall–Kier alpha value is -2.01. The van der Waals surface area contributed by atoms with Crippen LogP contribution in [-0.4, -0.2) is 38.6 Å². The minimum absolute atomic E-state index is 0.209. The van der Waals surface area contributed by atoms with Crippen LogP contribution in [0.2, 0.25) is 0 Å². The molecule has 0 radical (unpaired) electrons. The number of hydrogen-bond donors (Lipinski definition) is 3. The van der Waals surface area contributed by atoms with Crippen molar-refractivity contribution >= 4 is 0 Å². The van der Waals surface area contributed by atoms with Gasteiger partial charge in [-0.3, -0.25) is 4.98 Å². The number of nitrogens with zero attached hydrogens (tertiary/aromatic N) is 1. The van der Waals surface area contributed by atoms with Crippen LogP contribution in [0.5, 0.6) is 0 Å². The zero-order chi connectivity index (χ0) is 28.5. The Morgan fingerprint density at radius 2 is 1.93 bits per heavy atom. The summed E-state index contributed by atoms with van der Waals surface area (Å²) in [5, 5.41) is 31.8. The van der Waals surface area contributed by atoms with E-state index in [1.54, 1.807) is 0 Å². The zero-order valence-electron chi connectivity index (χ0n) is 25.0. The van der Waals surface area contributed by atoms with Gasteiger partial charge in [0.25, 0.3) is 0 Å². The van der Waals surface area contributed by atoms with Gasteiger partial charge in [0.15, 0.2) is 0 Å². The monoisotopic (exact) mass is 545 g/mol. The minimum atomic E-state index is -0.639. The quantitative estimate of drug-likeness (QED) is 0.288. The number of fused-ring (bicyclic) bond motifs is 1. The highest BCUT2D eigenvalue weighted by Crippen LogP contribution is 2.60. The lowest BCUT2D eigenvalue weighted by molar-refractivity contribution is 0.0862. The van der Waals surface area contributed by atoms with E-state index in [2.05, 4.69) is 69.9 Å². The van der Waals surface area contributed by atoms with Gasteiger partial charge in [0, 0.05) is 23.2 Å². The fourth-order valence-electron chi connectivity index (χ4n) is 8.30. The Balaban J connectivity index is 1.27. The van der Waals surface area contributed by atoms with Crippen molar-refractivity contribution in [2.24, 2.45) is 23.2 Å². The summed E-state index contributed by atoms with van der Waals surface area (Å²) >= 11 is 0. The first-order chi connectivity index (χ1) is 19.2. The number of hydrogen-bond acceptors (Lipinski definition) is 4. The number of aliphatic hydroxyl groups is 3. The van der Waals surface area contributed by atoms with E-state index in [0.29, 0.717) is 30.6 Å². The maximum Gasteiger partial charge on any atom is 0.0832 e. The molecule has 0 aliphatic heterocycles. The van der Waals surface area contributed by atoms with E-state index in [-0.39, 0.29) is 10.8 Å². The van der Waals surface area contributed by atoms with Gasteiger partial charge in [-0.05, 0) is 111 Å². The highest BCUT2D eigenvalue weighted by atomic mass is 16.3. The molecule has 0 aromatic carbocycles. The molecular formula is C36H51NO3. The van der Waals surface area contributed by atoms with Crippen LogP contribution in [0.4, 0.5) is 0 Å². The number of aromatic nitrogens is 1. The minimum Gasteiger partial charge on any atom is -0.393 e. The first kappa shape index (κ1) is 29.5. The molecule has 1 aromatic rings. The van der Waals surface area contributed by atoms with E-state index >= 15 is 0 Å². The molecule has 4 saturated carbocycles. The van der Waals surface area contributed by atoms with Crippen molar-refractivity contribution in [3.05, 3.63) is 77.2 Å². The maximum atomic E-state index is 11.4. The molecule has 4 aliphatic rings. The average Bonchev–Trinajstić information content (AvgIpc) is 3.68. The molecule has 0 saturated heterocycles. The Kier molecular flexibility index (Phi) is 8.90. The van der Waals surface area contributed by atoms with Crippen molar-refractivity contribution in [3.8, 4) is 0 Å². The lowest BCUT2D eigenvalue weighted by atomic mass is 9.61. The maximum absolute atomic E-state index is 11.4. The average molecular weight is 546 g/mol. The fourth-order valence-corrected chi connectivity index (χ4v) is 8.30. The molecule has 3 N–H and O–H groups in total. The Bertz CT molecular complexity index is 1160. The molecule has 1 aromatic heterocycles. The number of aliphatic hydroxyl groups excluding tert-OH is 3. The summed E-state index contributed by atoms with van der Waals surface area (Å²) in [6.45, 7) is 11.1. The molecule has 0 bridgehead atoms. The van der Waals surface area contributed by atoms with Gasteiger partial charge in [0.1, 0.15) is 0 Å². The molecule has 0 unspecified atom stereocenters. The van der Waals surface area contributed by atoms with E-state index in [4.69, 9.17) is 4.98 Å². The Morgan fingerprint density at radius 1 is 1.12 bits per heavy atom. The normalized spacial score (nSPS) is 35.3. The predicted octanol–water partition coefficient (Wildman–Crippen LogP) is 7.15. The lowest BCUT2D eigenvalue weighted by Crippen LogP contribution is -2.35. The van der Waals surface area contributed by atoms with Crippen LogP contribution in [0.3, 0.4) is 0 Å². The highest BCUT2D eigenvalue weighted by Gasteiger charge is 2.52. The standard InChI is InChI=1S/C36H51NO3/c1-5-6-10-28-11-7-12-33(37-28)36(20-21-36)34(40)18-13-24(2)30-16-17-31-26(9-8-19-35(30,31)4)14-15-27-22-29(38)23-32(39)25(27)3/h7,11-15,18,24,29-32,34,38-40H,3,5-6,8-10,16-17,19-23H2,1-2,4H3/t24-,29-,30-,31+,32+,34-,35-/m1/s1. The first-order valence-electron chi connectivity index (χ1n) is 16.0. The van der Waals surface area contributed by atoms with Gasteiger partial charge in [-0.25, -0.2) is 0 Å². The predicted molar refractivity (Wildman–Crippen MR) is 163 cm³/mol. The SMILES string of the molecule is C=C1C(=CC=C2CCC[C@]3(C)[C@@H]([C@H](C)C=C[C@@H](O)C4(c5cccc(CCCC)n5)CC4)CC[C@@H]23)C[C@@H](O)C[C@@H]1O. The third-order valence-corrected chi connectivity index (χ3v) is 11.0. The van der Waals surface area contributed by atoms with E-state index < -0.39 is 18.3 Å². The van der Waals surface area contributed by atoms with Crippen molar-refractivity contribution in [2.75, 3.05) is 0 Å². The lowest BCUT2D eigenvalue weighted by Gasteiger charge is -2.44. The molecule has 4 aliphatic carbocycles. The van der Waals surface area contributed by atoms with Crippen LogP contribution in [-0.2, 0) is 11.8 Å². The van der Waals surface area contributed by atoms with E-state index in [0.717, 1.165) is 54.6 Å². The summed E-state index contributed by atoms with van der Waals surface area (Å²) in [6.07, 6.45) is 19.5. The van der Waals surface area contributed by atoms with Crippen molar-refractivity contribution < 1.29 is 15.3 Å². The molecular weight excluding hydrogens is 494 g/mol. The second-order valence-electron chi connectivity index (χ2n) is 13.6. The third-order valence-electron chi connectivity index (χ3n) is 11.0. The topological polar surface area (TPSA) is 73.6 Å². The second-order valence-corrected chi connectivity index (χ2v) is 13.6. The molecule has 40 heavy (non-hydrogen) atoms. The molecule has 0 amide bonds. The van der Waals surface area contributed by atoms with Crippen molar-refractivity contribution in [1.82, 2.24) is 4.98 Å². The molecule has 7 atom stereocenters. The molecule has 218 valence electrons. The van der Waals surface area contributed by atoms with Crippen molar-refractivity contribution in [2.45, 2.75) is 122 Å². The third kappa shape index (κ3) is 5.82. The van der Waals surface area contributed by atoms with E-state index in [1.807, 2.05) is 0 Å². The molecule has 5 rings (SSSR count). The molecule has 4 nitrogen and oxygen atoms in total. The number of rotatable bonds is 9. The van der Waals surface area contributed by atoms with Crippen LogP contribution in [0, 0.1) is 23.2 Å². The summed E-state index contributed by atoms with van der Waals surface area (Å²) in [4.78, 5) is 4.97. The van der Waals surface area contributed by atoms with E-state index in [1.165, 1.54) is 37.7 Å². The number of unbranched alkanes of at least 4 members (excludes halogenated alkanes) is 1. The summed E-state index contributed by atoms with van der Waals surface area (Å²) in [5.74, 6) is 1.57. The van der Waals surface area contributed by atoms with Crippen molar-refractivity contribution in [1.29, 1.82) is 0 Å². The van der Waals surface area contributed by atoms with Gasteiger partial charge in [-0.15, -0.1) is 0 Å². The summed E-state index contributed by atoms with van der Waals surface area (Å²) < 4.78 is 0. The zero-order valence-corrected chi connectivity index (χ0v) is 25.0. The Morgan fingerprint density at radius 3 is 2.67 bits per heavy atom. The van der Waals surface area contributed by atoms with Gasteiger partial charge >= 0.3 is 0 Å². The summed E-state index contributed by atoms with van der Waals surface area (Å²) in [7, 11) is 0. The largest absolute Gasteiger partial charge is 0.393 e. The molecule has 4 heteroatoms. The first-order valence-corrected chi connectivity index (χ1v) is 16.0. The summed E-state index contributed by atoms with van der Waals surface area (Å²) in [5.41, 5.74) is 5.54. The van der Waals surface area contributed by atoms with Crippen LogP contribution in [0.1, 0.15) is 103 Å². The number of allylic oxidation sites excluding steroid dienone is 4. The summed E-state index contributed by atoms with van der Waals surface area (Å²) in [6, 6.07) is 6.35. The van der Waals surface area contributed by atoms with Gasteiger partial charge in [-0.1, -0.05) is 69.7 Å². The fraction of sp³-hybridized carbons (Fsp3) is 0.639. The van der Waals surface area contributed by atoms with Gasteiger partial charge in [-0.2, -0.15) is 0 Å². The van der Waals surface area contributed by atoms with Crippen molar-refractivity contribution in [3.63, 3.8) is 0 Å². The van der Waals surface area contributed by atoms with Gasteiger partial charge < -0.3 is 15.3 Å². The van der Waals surface area contributed by atoms with Crippen LogP contribution in [0.15, 0.2) is 65.8 Å². The van der Waals surface area contributed by atoms with Crippen LogP contribution >= 0.6 is 0 Å². The van der Waals surface area contributed by atoms with Gasteiger partial charge in [0.05, 0.1) is 18.3 Å². The van der Waals surface area contributed by atoms with Gasteiger partial charge in [0.2, 0.25) is 0 Å². The molecule has 0 spiro atoms. The Labute approximate surface area is 242 Å². The molecule has 1 heterocycles. The molecule has 4 fully saturated rings.